The van der Waals surface area contributed by atoms with Gasteiger partial charge in [0.25, 0.3) is 0 Å². The molecule has 0 N–H and O–H groups in total. The van der Waals surface area contributed by atoms with Crippen LogP contribution in [0.2, 0.25) is 0 Å². The minimum atomic E-state index is -0.165. The highest BCUT2D eigenvalue weighted by Crippen LogP contribution is 2.16. The van der Waals surface area contributed by atoms with Gasteiger partial charge in [0.1, 0.15) is 5.78 Å². The summed E-state index contributed by atoms with van der Waals surface area (Å²) in [4.78, 5) is 22.7. The number of ketones is 1. The lowest BCUT2D eigenvalue weighted by Gasteiger charge is -2.06. The topological polar surface area (TPSA) is 52.6 Å². The van der Waals surface area contributed by atoms with Crippen LogP contribution in [0.3, 0.4) is 0 Å². The third-order valence-electron chi connectivity index (χ3n) is 3.06. The highest BCUT2D eigenvalue weighted by molar-refractivity contribution is 5.79. The van der Waals surface area contributed by atoms with E-state index in [4.69, 9.17) is 9.47 Å². The van der Waals surface area contributed by atoms with Gasteiger partial charge in [0, 0.05) is 25.9 Å². The van der Waals surface area contributed by atoms with Gasteiger partial charge in [-0.05, 0) is 32.6 Å². The third-order valence-corrected chi connectivity index (χ3v) is 3.06. The maximum absolute atomic E-state index is 11.6. The van der Waals surface area contributed by atoms with Crippen LogP contribution < -0.4 is 0 Å². The Balaban J connectivity index is 1.99. The zero-order valence-electron chi connectivity index (χ0n) is 11.7. The Hall–Kier alpha value is -1.16. The molecule has 0 aromatic heterocycles. The van der Waals surface area contributed by atoms with E-state index < -0.39 is 0 Å². The van der Waals surface area contributed by atoms with Gasteiger partial charge in [-0.15, -0.1) is 0 Å². The third kappa shape index (κ3) is 7.78. The molecule has 1 aliphatic heterocycles. The monoisotopic (exact) mass is 268 g/mol. The first-order valence-corrected chi connectivity index (χ1v) is 7.16. The molecular formula is C15H24O4. The SMILES string of the molecule is CCOC(=O)CC/C=C\CCC(=O)CC1CCCO1. The number of hydrogen-bond acceptors (Lipinski definition) is 4. The van der Waals surface area contributed by atoms with Crippen molar-refractivity contribution in [3.63, 3.8) is 0 Å². The summed E-state index contributed by atoms with van der Waals surface area (Å²) in [6.45, 7) is 3.03. The molecule has 1 unspecified atom stereocenters. The van der Waals surface area contributed by atoms with E-state index in [1.165, 1.54) is 0 Å². The molecule has 1 heterocycles. The largest absolute Gasteiger partial charge is 0.466 e. The summed E-state index contributed by atoms with van der Waals surface area (Å²) in [6, 6.07) is 0. The Morgan fingerprint density at radius 1 is 1.26 bits per heavy atom. The van der Waals surface area contributed by atoms with E-state index in [9.17, 15) is 9.59 Å². The average Bonchev–Trinajstić information content (AvgIpc) is 2.86. The van der Waals surface area contributed by atoms with Crippen LogP contribution in [0.15, 0.2) is 12.2 Å². The smallest absolute Gasteiger partial charge is 0.306 e. The zero-order valence-corrected chi connectivity index (χ0v) is 11.7. The maximum atomic E-state index is 11.6. The van der Waals surface area contributed by atoms with Crippen molar-refractivity contribution >= 4 is 11.8 Å². The van der Waals surface area contributed by atoms with E-state index in [-0.39, 0.29) is 17.9 Å². The van der Waals surface area contributed by atoms with E-state index in [0.29, 0.717) is 32.3 Å². The molecule has 0 radical (unpaired) electrons. The molecule has 0 spiro atoms. The molecule has 1 atom stereocenters. The lowest BCUT2D eigenvalue weighted by atomic mass is 10.1. The maximum Gasteiger partial charge on any atom is 0.306 e. The van der Waals surface area contributed by atoms with Crippen LogP contribution in [0.1, 0.15) is 51.9 Å². The average molecular weight is 268 g/mol. The molecule has 4 nitrogen and oxygen atoms in total. The molecule has 4 heteroatoms. The summed E-state index contributed by atoms with van der Waals surface area (Å²) in [5.74, 6) is 0.101. The summed E-state index contributed by atoms with van der Waals surface area (Å²) in [6.07, 6.45) is 9.10. The highest BCUT2D eigenvalue weighted by Gasteiger charge is 2.18. The second kappa shape index (κ2) is 9.73. The lowest BCUT2D eigenvalue weighted by Crippen LogP contribution is -2.11. The quantitative estimate of drug-likeness (QED) is 0.476. The van der Waals surface area contributed by atoms with Gasteiger partial charge in [-0.2, -0.15) is 0 Å². The number of carbonyl (C=O) groups excluding carboxylic acids is 2. The van der Waals surface area contributed by atoms with Gasteiger partial charge in [0.2, 0.25) is 0 Å². The van der Waals surface area contributed by atoms with Gasteiger partial charge < -0.3 is 9.47 Å². The van der Waals surface area contributed by atoms with E-state index in [1.807, 2.05) is 12.2 Å². The first-order valence-electron chi connectivity index (χ1n) is 7.16. The Morgan fingerprint density at radius 3 is 2.63 bits per heavy atom. The summed E-state index contributed by atoms with van der Waals surface area (Å²) in [7, 11) is 0. The summed E-state index contributed by atoms with van der Waals surface area (Å²) >= 11 is 0. The van der Waals surface area contributed by atoms with Crippen LogP contribution in [-0.4, -0.2) is 31.1 Å². The van der Waals surface area contributed by atoms with Crippen LogP contribution in [0.4, 0.5) is 0 Å². The molecule has 0 aromatic carbocycles. The molecule has 19 heavy (non-hydrogen) atoms. The molecule has 1 rings (SSSR count). The van der Waals surface area contributed by atoms with Crippen molar-refractivity contribution in [3.8, 4) is 0 Å². The fourth-order valence-electron chi connectivity index (χ4n) is 2.08. The Labute approximate surface area is 115 Å². The number of Topliss-reactive ketones (excluding diaryl/α,β-unsaturated/α-hetero) is 1. The van der Waals surface area contributed by atoms with Gasteiger partial charge in [-0.3, -0.25) is 9.59 Å². The van der Waals surface area contributed by atoms with Crippen LogP contribution in [0.5, 0.6) is 0 Å². The van der Waals surface area contributed by atoms with Crippen molar-refractivity contribution in [1.82, 2.24) is 0 Å². The first kappa shape index (κ1) is 15.9. The normalized spacial score (nSPS) is 18.9. The molecule has 0 amide bonds. The van der Waals surface area contributed by atoms with Crippen molar-refractivity contribution < 1.29 is 19.1 Å². The Morgan fingerprint density at radius 2 is 2.00 bits per heavy atom. The summed E-state index contributed by atoms with van der Waals surface area (Å²) in [5, 5.41) is 0. The van der Waals surface area contributed by atoms with E-state index in [1.54, 1.807) is 6.92 Å². The van der Waals surface area contributed by atoms with Gasteiger partial charge in [-0.25, -0.2) is 0 Å². The number of hydrogen-bond donors (Lipinski definition) is 0. The molecule has 0 saturated carbocycles. The fourth-order valence-corrected chi connectivity index (χ4v) is 2.08. The number of carbonyl (C=O) groups is 2. The first-order chi connectivity index (χ1) is 9.22. The van der Waals surface area contributed by atoms with Crippen molar-refractivity contribution in [2.24, 2.45) is 0 Å². The predicted octanol–water partition coefficient (Wildman–Crippen LogP) is 2.80. The summed E-state index contributed by atoms with van der Waals surface area (Å²) < 4.78 is 10.2. The molecular weight excluding hydrogens is 244 g/mol. The van der Waals surface area contributed by atoms with Crippen LogP contribution in [0, 0.1) is 0 Å². The van der Waals surface area contributed by atoms with Gasteiger partial charge in [-0.1, -0.05) is 12.2 Å². The van der Waals surface area contributed by atoms with Crippen LogP contribution in [0.25, 0.3) is 0 Å². The number of allylic oxidation sites excluding steroid dienone is 2. The highest BCUT2D eigenvalue weighted by atomic mass is 16.5. The van der Waals surface area contributed by atoms with Crippen molar-refractivity contribution in [2.45, 2.75) is 58.0 Å². The van der Waals surface area contributed by atoms with E-state index in [0.717, 1.165) is 25.9 Å². The summed E-state index contributed by atoms with van der Waals surface area (Å²) in [5.41, 5.74) is 0. The standard InChI is InChI=1S/C15H24O4/c1-2-18-15(17)10-6-4-3-5-8-13(16)12-14-9-7-11-19-14/h3-4,14H,2,5-12H2,1H3/b4-3-. The molecule has 0 aromatic rings. The Bertz CT molecular complexity index is 303. The van der Waals surface area contributed by atoms with Gasteiger partial charge >= 0.3 is 5.97 Å². The zero-order chi connectivity index (χ0) is 13.9. The number of rotatable bonds is 9. The minimum Gasteiger partial charge on any atom is -0.466 e. The van der Waals surface area contributed by atoms with E-state index in [2.05, 4.69) is 0 Å². The molecule has 0 aliphatic carbocycles. The van der Waals surface area contributed by atoms with Crippen LogP contribution >= 0.6 is 0 Å². The Kier molecular flexibility index (Phi) is 8.14. The molecule has 1 aliphatic rings. The van der Waals surface area contributed by atoms with Gasteiger partial charge in [0.15, 0.2) is 0 Å². The fraction of sp³-hybridized carbons (Fsp3) is 0.733. The van der Waals surface area contributed by atoms with Gasteiger partial charge in [0.05, 0.1) is 12.7 Å². The van der Waals surface area contributed by atoms with Crippen LogP contribution in [-0.2, 0) is 19.1 Å². The molecule has 1 saturated heterocycles. The predicted molar refractivity (Wildman–Crippen MR) is 72.8 cm³/mol. The second-order valence-electron chi connectivity index (χ2n) is 4.73. The van der Waals surface area contributed by atoms with E-state index >= 15 is 0 Å². The van der Waals surface area contributed by atoms with Crippen molar-refractivity contribution in [2.75, 3.05) is 13.2 Å². The minimum absolute atomic E-state index is 0.153. The number of esters is 1. The second-order valence-corrected chi connectivity index (χ2v) is 4.73. The van der Waals surface area contributed by atoms with Crippen molar-refractivity contribution in [3.05, 3.63) is 12.2 Å². The van der Waals surface area contributed by atoms with Crippen molar-refractivity contribution in [1.29, 1.82) is 0 Å². The lowest BCUT2D eigenvalue weighted by molar-refractivity contribution is -0.143. The molecule has 1 fully saturated rings. The number of ether oxygens (including phenoxy) is 2. The molecule has 0 bridgehead atoms. The molecule has 108 valence electrons.